The first-order valence-electron chi connectivity index (χ1n) is 12.8. The van der Waals surface area contributed by atoms with Crippen LogP contribution in [0.2, 0.25) is 0 Å². The van der Waals surface area contributed by atoms with Gasteiger partial charge >= 0.3 is 0 Å². The molecule has 1 saturated heterocycles. The van der Waals surface area contributed by atoms with E-state index in [1.165, 1.54) is 6.92 Å². The molecule has 4 N–H and O–H groups in total. The van der Waals surface area contributed by atoms with Crippen LogP contribution in [0.1, 0.15) is 31.4 Å². The summed E-state index contributed by atoms with van der Waals surface area (Å²) in [6.07, 6.45) is 1.42. The lowest BCUT2D eigenvalue weighted by Crippen LogP contribution is -2.47. The number of aromatic nitrogens is 1. The van der Waals surface area contributed by atoms with E-state index in [4.69, 9.17) is 0 Å². The fraction of sp³-hybridized carbons (Fsp3) is 0.233. The number of hydrogen-bond donors (Lipinski definition) is 4. The van der Waals surface area contributed by atoms with E-state index in [1.54, 1.807) is 11.9 Å². The van der Waals surface area contributed by atoms with Crippen LogP contribution in [-0.4, -0.2) is 47.2 Å². The molecule has 3 amide bonds. The van der Waals surface area contributed by atoms with Crippen molar-refractivity contribution in [3.63, 3.8) is 0 Å². The van der Waals surface area contributed by atoms with Gasteiger partial charge in [-0.05, 0) is 67.4 Å². The summed E-state index contributed by atoms with van der Waals surface area (Å²) in [5.74, 6) is -0.380. The number of aromatic amines is 1. The van der Waals surface area contributed by atoms with Gasteiger partial charge in [0.05, 0.1) is 0 Å². The largest absolute Gasteiger partial charge is 0.355 e. The Kier molecular flexibility index (Phi) is 7.24. The molecule has 38 heavy (non-hydrogen) atoms. The monoisotopic (exact) mass is 509 g/mol. The molecule has 5 rings (SSSR count). The van der Waals surface area contributed by atoms with Gasteiger partial charge in [-0.25, -0.2) is 0 Å². The second-order valence-corrected chi connectivity index (χ2v) is 9.55. The van der Waals surface area contributed by atoms with Crippen molar-refractivity contribution in [2.24, 2.45) is 0 Å². The van der Waals surface area contributed by atoms with Crippen molar-refractivity contribution >= 4 is 40.0 Å². The number of benzene rings is 3. The Balaban J connectivity index is 1.30. The van der Waals surface area contributed by atoms with Gasteiger partial charge in [0.15, 0.2) is 0 Å². The number of H-pyrrole nitrogens is 1. The Bertz CT molecular complexity index is 1460. The summed E-state index contributed by atoms with van der Waals surface area (Å²) in [4.78, 5) is 43.0. The molecule has 0 bridgehead atoms. The lowest BCUT2D eigenvalue weighted by molar-refractivity contribution is -0.138. The number of likely N-dealkylation sites (tertiary alicyclic amines) is 1. The van der Waals surface area contributed by atoms with E-state index >= 15 is 0 Å². The number of nitrogens with one attached hydrogen (secondary N) is 4. The fourth-order valence-electron chi connectivity index (χ4n) is 5.07. The minimum atomic E-state index is -0.512. The first kappa shape index (κ1) is 25.2. The number of rotatable bonds is 7. The number of carbonyl (C=O) groups is 3. The van der Waals surface area contributed by atoms with Gasteiger partial charge in [-0.15, -0.1) is 0 Å². The van der Waals surface area contributed by atoms with Gasteiger partial charge in [0.25, 0.3) is 0 Å². The maximum absolute atomic E-state index is 13.4. The molecule has 194 valence electrons. The van der Waals surface area contributed by atoms with E-state index in [1.807, 2.05) is 78.9 Å². The normalized spacial score (nSPS) is 15.8. The van der Waals surface area contributed by atoms with Crippen molar-refractivity contribution in [2.45, 2.75) is 31.8 Å². The third kappa shape index (κ3) is 5.31. The smallest absolute Gasteiger partial charge is 0.247 e. The zero-order valence-corrected chi connectivity index (χ0v) is 21.5. The third-order valence-corrected chi connectivity index (χ3v) is 6.91. The maximum Gasteiger partial charge on any atom is 0.247 e. The summed E-state index contributed by atoms with van der Waals surface area (Å²) in [6.45, 7) is 2.04. The first-order valence-corrected chi connectivity index (χ1v) is 12.8. The molecule has 0 spiro atoms. The minimum Gasteiger partial charge on any atom is -0.355 e. The van der Waals surface area contributed by atoms with Crippen molar-refractivity contribution in [2.75, 3.05) is 24.2 Å². The molecule has 8 nitrogen and oxygen atoms in total. The molecule has 0 saturated carbocycles. The van der Waals surface area contributed by atoms with Gasteiger partial charge in [0.2, 0.25) is 17.7 Å². The quantitative estimate of drug-likeness (QED) is 0.290. The molecule has 1 aliphatic heterocycles. The van der Waals surface area contributed by atoms with Gasteiger partial charge in [-0.2, -0.15) is 0 Å². The Labute approximate surface area is 221 Å². The molecule has 1 aromatic heterocycles. The highest BCUT2D eigenvalue weighted by molar-refractivity contribution is 6.00. The summed E-state index contributed by atoms with van der Waals surface area (Å²) in [5, 5.41) is 9.86. The number of fused-ring (bicyclic) bond motifs is 1. The van der Waals surface area contributed by atoms with E-state index < -0.39 is 12.1 Å². The zero-order chi connectivity index (χ0) is 26.6. The van der Waals surface area contributed by atoms with Crippen LogP contribution in [0.5, 0.6) is 0 Å². The second kappa shape index (κ2) is 10.9. The van der Waals surface area contributed by atoms with Crippen LogP contribution in [0.25, 0.3) is 22.2 Å². The highest BCUT2D eigenvalue weighted by Crippen LogP contribution is 2.29. The van der Waals surface area contributed by atoms with Crippen molar-refractivity contribution in [1.29, 1.82) is 0 Å². The summed E-state index contributed by atoms with van der Waals surface area (Å²) in [6, 6.07) is 23.9. The van der Waals surface area contributed by atoms with Crippen LogP contribution in [0.3, 0.4) is 0 Å². The lowest BCUT2D eigenvalue weighted by Gasteiger charge is -2.28. The minimum absolute atomic E-state index is 0.0911. The standard InChI is InChI=1S/C30H31N5O3/c1-19(36)32-23-12-10-20(11-13-23)26-18-22-17-24(14-15-25(22)34-26)33-29(37)27-9-6-16-35(27)30(38)28(31-2)21-7-4-3-5-8-21/h3-5,7-8,10-15,17-18,27-28,31,34H,6,9,16H2,1-2H3,(H,32,36)(H,33,37)/t27-,28+/m0/s1. The molecule has 1 fully saturated rings. The Morgan fingerprint density at radius 2 is 1.66 bits per heavy atom. The van der Waals surface area contributed by atoms with Crippen LogP contribution >= 0.6 is 0 Å². The van der Waals surface area contributed by atoms with Gasteiger partial charge in [0.1, 0.15) is 12.1 Å². The number of nitrogens with zero attached hydrogens (tertiary/aromatic N) is 1. The van der Waals surface area contributed by atoms with E-state index in [2.05, 4.69) is 20.9 Å². The van der Waals surface area contributed by atoms with Gasteiger partial charge in [-0.3, -0.25) is 14.4 Å². The molecule has 2 heterocycles. The number of hydrogen-bond acceptors (Lipinski definition) is 4. The number of amides is 3. The number of likely N-dealkylation sites (N-methyl/N-ethyl adjacent to an activating group) is 1. The molecular formula is C30H31N5O3. The van der Waals surface area contributed by atoms with Crippen LogP contribution in [0, 0.1) is 0 Å². The summed E-state index contributed by atoms with van der Waals surface area (Å²) in [5.41, 5.74) is 5.17. The van der Waals surface area contributed by atoms with E-state index in [9.17, 15) is 14.4 Å². The average molecular weight is 510 g/mol. The highest BCUT2D eigenvalue weighted by atomic mass is 16.2. The van der Waals surface area contributed by atoms with Gasteiger partial charge in [0, 0.05) is 41.4 Å². The van der Waals surface area contributed by atoms with Gasteiger partial charge in [-0.1, -0.05) is 42.5 Å². The predicted molar refractivity (Wildman–Crippen MR) is 150 cm³/mol. The SMILES string of the molecule is CN[C@@H](C(=O)N1CCC[C@H]1C(=O)Nc1ccc2[nH]c(-c3ccc(NC(C)=O)cc3)cc2c1)c1ccccc1. The Morgan fingerprint density at radius 1 is 0.921 bits per heavy atom. The van der Waals surface area contributed by atoms with E-state index in [0.29, 0.717) is 18.7 Å². The molecule has 0 aliphatic carbocycles. The Morgan fingerprint density at radius 3 is 2.37 bits per heavy atom. The fourth-order valence-corrected chi connectivity index (χ4v) is 5.07. The summed E-state index contributed by atoms with van der Waals surface area (Å²) in [7, 11) is 1.76. The molecule has 0 unspecified atom stereocenters. The van der Waals surface area contributed by atoms with Gasteiger partial charge < -0.3 is 25.8 Å². The summed E-state index contributed by atoms with van der Waals surface area (Å²) >= 11 is 0. The van der Waals surface area contributed by atoms with Crippen LogP contribution in [-0.2, 0) is 14.4 Å². The van der Waals surface area contributed by atoms with Crippen LogP contribution < -0.4 is 16.0 Å². The van der Waals surface area contributed by atoms with Crippen molar-refractivity contribution < 1.29 is 14.4 Å². The van der Waals surface area contributed by atoms with Crippen LogP contribution in [0.4, 0.5) is 11.4 Å². The third-order valence-electron chi connectivity index (χ3n) is 6.91. The predicted octanol–water partition coefficient (Wildman–Crippen LogP) is 4.68. The van der Waals surface area contributed by atoms with Crippen LogP contribution in [0.15, 0.2) is 78.9 Å². The molecule has 8 heteroatoms. The number of carbonyl (C=O) groups excluding carboxylic acids is 3. The van der Waals surface area contributed by atoms with Crippen molar-refractivity contribution in [3.05, 3.63) is 84.4 Å². The van der Waals surface area contributed by atoms with E-state index in [-0.39, 0.29) is 17.7 Å². The van der Waals surface area contributed by atoms with E-state index in [0.717, 1.165) is 39.8 Å². The Hall–Kier alpha value is -4.43. The van der Waals surface area contributed by atoms with Crippen molar-refractivity contribution in [3.8, 4) is 11.3 Å². The maximum atomic E-state index is 13.4. The molecule has 3 aromatic carbocycles. The average Bonchev–Trinajstić information content (AvgIpc) is 3.57. The molecule has 2 atom stereocenters. The van der Waals surface area contributed by atoms with Crippen molar-refractivity contribution in [1.82, 2.24) is 15.2 Å². The molecular weight excluding hydrogens is 478 g/mol. The highest BCUT2D eigenvalue weighted by Gasteiger charge is 2.37. The second-order valence-electron chi connectivity index (χ2n) is 9.55. The number of anilines is 2. The molecule has 4 aromatic rings. The lowest BCUT2D eigenvalue weighted by atomic mass is 10.1. The summed E-state index contributed by atoms with van der Waals surface area (Å²) < 4.78 is 0. The zero-order valence-electron chi connectivity index (χ0n) is 21.5. The first-order chi connectivity index (χ1) is 18.4. The molecule has 1 aliphatic rings. The molecule has 0 radical (unpaired) electrons. The topological polar surface area (TPSA) is 106 Å².